The second-order valence-electron chi connectivity index (χ2n) is 3.42. The van der Waals surface area contributed by atoms with Gasteiger partial charge in [-0.2, -0.15) is 0 Å². The number of H-pyrrole nitrogens is 1. The molecule has 0 saturated heterocycles. The maximum absolute atomic E-state index is 11.5. The first-order valence-electron chi connectivity index (χ1n) is 5.20. The van der Waals surface area contributed by atoms with Crippen LogP contribution in [0.3, 0.4) is 0 Å². The van der Waals surface area contributed by atoms with Crippen molar-refractivity contribution in [2.75, 3.05) is 0 Å². The number of nitrogens with zero attached hydrogens (tertiary/aromatic N) is 2. The van der Waals surface area contributed by atoms with E-state index in [-0.39, 0.29) is 5.56 Å². The molecule has 2 rings (SSSR count). The van der Waals surface area contributed by atoms with Crippen LogP contribution in [0.4, 0.5) is 0 Å². The Labute approximate surface area is 98.8 Å². The van der Waals surface area contributed by atoms with Gasteiger partial charge in [-0.25, -0.2) is 4.98 Å². The van der Waals surface area contributed by atoms with Crippen LogP contribution in [0.25, 0.3) is 11.3 Å². The molecule has 0 amide bonds. The van der Waals surface area contributed by atoms with E-state index in [0.29, 0.717) is 17.9 Å². The summed E-state index contributed by atoms with van der Waals surface area (Å²) in [5, 5.41) is 0. The first kappa shape index (κ1) is 11.1. The van der Waals surface area contributed by atoms with Gasteiger partial charge in [0.05, 0.1) is 12.1 Å². The van der Waals surface area contributed by atoms with Crippen molar-refractivity contribution in [1.82, 2.24) is 15.0 Å². The predicted molar refractivity (Wildman–Crippen MR) is 65.2 cm³/mol. The predicted octanol–water partition coefficient (Wildman–Crippen LogP) is 1.40. The topological polar surface area (TPSA) is 58.6 Å². The van der Waals surface area contributed by atoms with Crippen molar-refractivity contribution in [2.45, 2.75) is 13.3 Å². The second-order valence-corrected chi connectivity index (χ2v) is 3.42. The number of hydrogen-bond acceptors (Lipinski definition) is 3. The Kier molecular flexibility index (Phi) is 3.31. The highest BCUT2D eigenvalue weighted by Gasteiger charge is 2.02. The minimum Gasteiger partial charge on any atom is -0.310 e. The molecule has 0 radical (unpaired) electrons. The zero-order valence-electron chi connectivity index (χ0n) is 9.40. The van der Waals surface area contributed by atoms with E-state index in [1.54, 1.807) is 19.3 Å². The number of aromatic nitrogens is 3. The molecule has 2 heterocycles. The lowest BCUT2D eigenvalue weighted by molar-refractivity contribution is 0.980. The molecule has 0 aliphatic heterocycles. The van der Waals surface area contributed by atoms with Gasteiger partial charge in [-0.3, -0.25) is 9.78 Å². The molecule has 0 spiro atoms. The third kappa shape index (κ3) is 2.79. The Balaban J connectivity index is 2.44. The number of hydrogen-bond donors (Lipinski definition) is 1. The lowest BCUT2D eigenvalue weighted by Crippen LogP contribution is -2.10. The van der Waals surface area contributed by atoms with Crippen LogP contribution in [0.15, 0.2) is 35.4 Å². The molecule has 0 atom stereocenters. The first-order chi connectivity index (χ1) is 8.29. The number of aromatic amines is 1. The molecule has 0 bridgehead atoms. The Morgan fingerprint density at radius 1 is 1.35 bits per heavy atom. The smallest absolute Gasteiger partial charge is 0.251 e. The molecule has 2 aromatic rings. The Morgan fingerprint density at radius 2 is 2.12 bits per heavy atom. The van der Waals surface area contributed by atoms with Crippen LogP contribution in [0.2, 0.25) is 0 Å². The van der Waals surface area contributed by atoms with Crippen LogP contribution in [0.5, 0.6) is 0 Å². The summed E-state index contributed by atoms with van der Waals surface area (Å²) in [6.07, 6.45) is 3.79. The average molecular weight is 225 g/mol. The minimum absolute atomic E-state index is 0.167. The molecule has 2 aromatic heterocycles. The van der Waals surface area contributed by atoms with Gasteiger partial charge in [0.2, 0.25) is 0 Å². The Hall–Kier alpha value is -2.41. The van der Waals surface area contributed by atoms with E-state index in [2.05, 4.69) is 26.8 Å². The number of pyridine rings is 1. The quantitative estimate of drug-likeness (QED) is 0.786. The fourth-order valence-electron chi connectivity index (χ4n) is 1.43. The summed E-state index contributed by atoms with van der Waals surface area (Å²) in [6.45, 7) is 1.75. The van der Waals surface area contributed by atoms with Crippen LogP contribution in [0.1, 0.15) is 12.7 Å². The molecule has 0 saturated carbocycles. The van der Waals surface area contributed by atoms with Crippen LogP contribution in [-0.2, 0) is 6.42 Å². The van der Waals surface area contributed by atoms with E-state index in [0.717, 1.165) is 5.56 Å². The monoisotopic (exact) mass is 225 g/mol. The van der Waals surface area contributed by atoms with Crippen LogP contribution >= 0.6 is 0 Å². The van der Waals surface area contributed by atoms with Crippen molar-refractivity contribution in [3.8, 4) is 23.1 Å². The van der Waals surface area contributed by atoms with Crippen molar-refractivity contribution in [2.24, 2.45) is 0 Å². The van der Waals surface area contributed by atoms with Crippen molar-refractivity contribution in [3.05, 3.63) is 46.8 Å². The molecule has 17 heavy (non-hydrogen) atoms. The number of nitrogens with one attached hydrogen (secondary N) is 1. The average Bonchev–Trinajstić information content (AvgIpc) is 2.37. The minimum atomic E-state index is -0.167. The molecule has 0 unspecified atom stereocenters. The van der Waals surface area contributed by atoms with Crippen LogP contribution in [0, 0.1) is 11.8 Å². The lowest BCUT2D eigenvalue weighted by Gasteiger charge is -2.01. The summed E-state index contributed by atoms with van der Waals surface area (Å²) in [4.78, 5) is 22.4. The third-order valence-electron chi connectivity index (χ3n) is 2.20. The van der Waals surface area contributed by atoms with E-state index in [4.69, 9.17) is 0 Å². The summed E-state index contributed by atoms with van der Waals surface area (Å²) in [5.41, 5.74) is 1.35. The van der Waals surface area contributed by atoms with Gasteiger partial charge in [0, 0.05) is 24.0 Å². The second kappa shape index (κ2) is 5.08. The summed E-state index contributed by atoms with van der Waals surface area (Å²) < 4.78 is 0. The Bertz CT molecular complexity index is 620. The Morgan fingerprint density at radius 3 is 2.82 bits per heavy atom. The van der Waals surface area contributed by atoms with Gasteiger partial charge >= 0.3 is 0 Å². The fourth-order valence-corrected chi connectivity index (χ4v) is 1.43. The normalized spacial score (nSPS) is 9.47. The maximum Gasteiger partial charge on any atom is 0.251 e. The molecule has 4 heteroatoms. The molecule has 0 fully saturated rings. The first-order valence-corrected chi connectivity index (χ1v) is 5.20. The van der Waals surface area contributed by atoms with Crippen molar-refractivity contribution < 1.29 is 0 Å². The van der Waals surface area contributed by atoms with E-state index >= 15 is 0 Å². The molecular formula is C13H11N3O. The van der Waals surface area contributed by atoms with Crippen molar-refractivity contribution >= 4 is 0 Å². The van der Waals surface area contributed by atoms with Crippen LogP contribution < -0.4 is 5.56 Å². The highest BCUT2D eigenvalue weighted by atomic mass is 16.1. The van der Waals surface area contributed by atoms with E-state index in [9.17, 15) is 4.79 Å². The van der Waals surface area contributed by atoms with Gasteiger partial charge in [0.15, 0.2) is 0 Å². The highest BCUT2D eigenvalue weighted by molar-refractivity contribution is 5.57. The SMILES string of the molecule is CC#CCc1nc(-c2ccncc2)cc(=O)[nH]1. The number of rotatable bonds is 2. The summed E-state index contributed by atoms with van der Waals surface area (Å²) >= 11 is 0. The zero-order chi connectivity index (χ0) is 12.1. The van der Waals surface area contributed by atoms with E-state index in [1.807, 2.05) is 12.1 Å². The van der Waals surface area contributed by atoms with Gasteiger partial charge in [-0.05, 0) is 19.1 Å². The fraction of sp³-hybridized carbons (Fsp3) is 0.154. The van der Waals surface area contributed by atoms with E-state index < -0.39 is 0 Å². The molecule has 0 aliphatic rings. The van der Waals surface area contributed by atoms with Crippen molar-refractivity contribution in [3.63, 3.8) is 0 Å². The molecule has 84 valence electrons. The molecule has 1 N–H and O–H groups in total. The molecular weight excluding hydrogens is 214 g/mol. The van der Waals surface area contributed by atoms with Gasteiger partial charge < -0.3 is 4.98 Å². The maximum atomic E-state index is 11.5. The summed E-state index contributed by atoms with van der Waals surface area (Å²) in [7, 11) is 0. The largest absolute Gasteiger partial charge is 0.310 e. The molecule has 0 aliphatic carbocycles. The summed E-state index contributed by atoms with van der Waals surface area (Å²) in [6, 6.07) is 5.10. The van der Waals surface area contributed by atoms with Crippen LogP contribution in [-0.4, -0.2) is 15.0 Å². The highest BCUT2D eigenvalue weighted by Crippen LogP contribution is 2.13. The molecule has 0 aromatic carbocycles. The third-order valence-corrected chi connectivity index (χ3v) is 2.20. The van der Waals surface area contributed by atoms with Gasteiger partial charge in [0.1, 0.15) is 5.82 Å². The standard InChI is InChI=1S/C13H11N3O/c1-2-3-4-12-15-11(9-13(17)16-12)10-5-7-14-8-6-10/h5-9H,4H2,1H3,(H,15,16,17). The van der Waals surface area contributed by atoms with Gasteiger partial charge in [0.25, 0.3) is 5.56 Å². The lowest BCUT2D eigenvalue weighted by atomic mass is 10.2. The summed E-state index contributed by atoms with van der Waals surface area (Å²) in [5.74, 6) is 6.23. The van der Waals surface area contributed by atoms with Gasteiger partial charge in [-0.1, -0.05) is 5.92 Å². The van der Waals surface area contributed by atoms with E-state index in [1.165, 1.54) is 6.07 Å². The van der Waals surface area contributed by atoms with Gasteiger partial charge in [-0.15, -0.1) is 5.92 Å². The zero-order valence-corrected chi connectivity index (χ0v) is 9.40. The molecule has 4 nitrogen and oxygen atoms in total. The van der Waals surface area contributed by atoms with Crippen molar-refractivity contribution in [1.29, 1.82) is 0 Å².